The van der Waals surface area contributed by atoms with Gasteiger partial charge in [0, 0.05) is 10.4 Å². The predicted octanol–water partition coefficient (Wildman–Crippen LogP) is 4.21. The smallest absolute Gasteiger partial charge is 0.225 e. The molecule has 0 aliphatic heterocycles. The van der Waals surface area contributed by atoms with E-state index in [2.05, 4.69) is 21.2 Å². The van der Waals surface area contributed by atoms with Gasteiger partial charge < -0.3 is 5.32 Å². The largest absolute Gasteiger partial charge is 0.336 e. The molecule has 0 radical (unpaired) electrons. The summed E-state index contributed by atoms with van der Waals surface area (Å²) in [4.78, 5) is 12.3. The van der Waals surface area contributed by atoms with Crippen LogP contribution < -0.4 is 5.32 Å². The van der Waals surface area contributed by atoms with E-state index in [-0.39, 0.29) is 17.4 Å². The van der Waals surface area contributed by atoms with Crippen LogP contribution in [0.5, 0.6) is 0 Å². The van der Waals surface area contributed by atoms with Crippen LogP contribution in [0.25, 0.3) is 0 Å². The lowest BCUT2D eigenvalue weighted by atomic mass is 10.1. The SMILES string of the molecule is N#C[C@H](NC(=O)[C@@H]1C[C@H]1c1cccc(F)c1F)c1cccc(Br)c1. The van der Waals surface area contributed by atoms with Crippen LogP contribution in [0.3, 0.4) is 0 Å². The van der Waals surface area contributed by atoms with Crippen molar-refractivity contribution in [1.82, 2.24) is 5.32 Å². The molecule has 3 nitrogen and oxygen atoms in total. The maximum Gasteiger partial charge on any atom is 0.225 e. The average molecular weight is 391 g/mol. The molecule has 3 atom stereocenters. The van der Waals surface area contributed by atoms with Crippen LogP contribution >= 0.6 is 15.9 Å². The number of carbonyl (C=O) groups excluding carboxylic acids is 1. The lowest BCUT2D eigenvalue weighted by Crippen LogP contribution is -2.29. The number of benzene rings is 2. The van der Waals surface area contributed by atoms with Gasteiger partial charge in [0.1, 0.15) is 6.04 Å². The molecule has 2 aromatic carbocycles. The van der Waals surface area contributed by atoms with E-state index in [0.29, 0.717) is 12.0 Å². The zero-order valence-corrected chi connectivity index (χ0v) is 14.1. The van der Waals surface area contributed by atoms with Gasteiger partial charge in [0.05, 0.1) is 6.07 Å². The lowest BCUT2D eigenvalue weighted by molar-refractivity contribution is -0.122. The maximum atomic E-state index is 13.8. The van der Waals surface area contributed by atoms with Gasteiger partial charge in [-0.1, -0.05) is 40.2 Å². The van der Waals surface area contributed by atoms with E-state index in [1.165, 1.54) is 12.1 Å². The van der Waals surface area contributed by atoms with Crippen LogP contribution in [0, 0.1) is 28.9 Å². The van der Waals surface area contributed by atoms with E-state index in [1.54, 1.807) is 18.2 Å². The molecule has 1 amide bonds. The summed E-state index contributed by atoms with van der Waals surface area (Å²) in [5.41, 5.74) is 0.875. The molecule has 0 heterocycles. The van der Waals surface area contributed by atoms with Crippen LogP contribution in [-0.2, 0) is 4.79 Å². The number of amides is 1. The fourth-order valence-corrected chi connectivity index (χ4v) is 3.18. The number of hydrogen-bond donors (Lipinski definition) is 1. The van der Waals surface area contributed by atoms with Gasteiger partial charge in [0.15, 0.2) is 11.6 Å². The molecule has 1 aliphatic rings. The van der Waals surface area contributed by atoms with Gasteiger partial charge in [0.2, 0.25) is 5.91 Å². The highest BCUT2D eigenvalue weighted by atomic mass is 79.9. The van der Waals surface area contributed by atoms with Gasteiger partial charge >= 0.3 is 0 Å². The number of nitrogens with zero attached hydrogens (tertiary/aromatic N) is 1. The molecule has 1 aliphatic carbocycles. The van der Waals surface area contributed by atoms with Crippen molar-refractivity contribution < 1.29 is 13.6 Å². The number of nitrogens with one attached hydrogen (secondary N) is 1. The number of halogens is 3. The Labute approximate surface area is 146 Å². The first-order chi connectivity index (χ1) is 11.5. The highest BCUT2D eigenvalue weighted by Gasteiger charge is 2.46. The molecular weight excluding hydrogens is 378 g/mol. The van der Waals surface area contributed by atoms with E-state index in [4.69, 9.17) is 0 Å². The van der Waals surface area contributed by atoms with Crippen LogP contribution in [0.4, 0.5) is 8.78 Å². The maximum absolute atomic E-state index is 13.8. The van der Waals surface area contributed by atoms with E-state index in [0.717, 1.165) is 10.5 Å². The number of nitriles is 1. The van der Waals surface area contributed by atoms with Crippen molar-refractivity contribution in [2.45, 2.75) is 18.4 Å². The topological polar surface area (TPSA) is 52.9 Å². The molecule has 0 aromatic heterocycles. The van der Waals surface area contributed by atoms with Gasteiger partial charge in [-0.25, -0.2) is 8.78 Å². The first kappa shape index (κ1) is 16.6. The molecule has 1 saturated carbocycles. The lowest BCUT2D eigenvalue weighted by Gasteiger charge is -2.12. The minimum absolute atomic E-state index is 0.214. The van der Waals surface area contributed by atoms with Gasteiger partial charge in [-0.2, -0.15) is 5.26 Å². The molecule has 2 aromatic rings. The monoisotopic (exact) mass is 390 g/mol. The van der Waals surface area contributed by atoms with E-state index in [1.807, 2.05) is 12.1 Å². The summed E-state index contributed by atoms with van der Waals surface area (Å²) in [6, 6.07) is 12.3. The Morgan fingerprint density at radius 2 is 2.04 bits per heavy atom. The van der Waals surface area contributed by atoms with Crippen LogP contribution in [0.1, 0.15) is 29.5 Å². The average Bonchev–Trinajstić information content (AvgIpc) is 3.35. The zero-order valence-electron chi connectivity index (χ0n) is 12.5. The van der Waals surface area contributed by atoms with Crippen molar-refractivity contribution >= 4 is 21.8 Å². The minimum Gasteiger partial charge on any atom is -0.336 e. The van der Waals surface area contributed by atoms with E-state index in [9.17, 15) is 18.8 Å². The normalized spacial score (nSPS) is 20.1. The van der Waals surface area contributed by atoms with Crippen molar-refractivity contribution in [3.63, 3.8) is 0 Å². The fourth-order valence-electron chi connectivity index (χ4n) is 2.76. The zero-order chi connectivity index (χ0) is 17.3. The summed E-state index contributed by atoms with van der Waals surface area (Å²) >= 11 is 3.32. The number of rotatable bonds is 4. The van der Waals surface area contributed by atoms with Crippen molar-refractivity contribution in [1.29, 1.82) is 5.26 Å². The Hall–Kier alpha value is -2.26. The molecule has 0 bridgehead atoms. The first-order valence-electron chi connectivity index (χ1n) is 7.40. The second-order valence-electron chi connectivity index (χ2n) is 5.72. The van der Waals surface area contributed by atoms with Gasteiger partial charge in [0.25, 0.3) is 0 Å². The number of hydrogen-bond acceptors (Lipinski definition) is 2. The Balaban J connectivity index is 1.70. The molecule has 1 N–H and O–H groups in total. The van der Waals surface area contributed by atoms with Crippen LogP contribution in [-0.4, -0.2) is 5.91 Å². The Bertz CT molecular complexity index is 834. The fraction of sp³-hybridized carbons (Fsp3) is 0.222. The Morgan fingerprint density at radius 3 is 2.75 bits per heavy atom. The van der Waals surface area contributed by atoms with E-state index < -0.39 is 23.6 Å². The van der Waals surface area contributed by atoms with Crippen molar-refractivity contribution in [2.24, 2.45) is 5.92 Å². The molecule has 1 fully saturated rings. The second kappa shape index (κ2) is 6.70. The number of carbonyl (C=O) groups is 1. The highest BCUT2D eigenvalue weighted by molar-refractivity contribution is 9.10. The summed E-state index contributed by atoms with van der Waals surface area (Å²) in [6.07, 6.45) is 0.447. The third-order valence-electron chi connectivity index (χ3n) is 4.11. The molecule has 0 saturated heterocycles. The molecule has 0 spiro atoms. The second-order valence-corrected chi connectivity index (χ2v) is 6.63. The summed E-state index contributed by atoms with van der Waals surface area (Å²) in [5.74, 6) is -2.92. The van der Waals surface area contributed by atoms with Crippen molar-refractivity contribution in [3.05, 3.63) is 69.7 Å². The van der Waals surface area contributed by atoms with Crippen LogP contribution in [0.15, 0.2) is 46.9 Å². The Morgan fingerprint density at radius 1 is 1.29 bits per heavy atom. The predicted molar refractivity (Wildman–Crippen MR) is 87.8 cm³/mol. The summed E-state index contributed by atoms with van der Waals surface area (Å²) in [5, 5.41) is 12.0. The molecule has 0 unspecified atom stereocenters. The quantitative estimate of drug-likeness (QED) is 0.849. The summed E-state index contributed by atoms with van der Waals surface area (Å²) in [6.45, 7) is 0. The van der Waals surface area contributed by atoms with Gasteiger partial charge in [-0.15, -0.1) is 0 Å². The van der Waals surface area contributed by atoms with Crippen molar-refractivity contribution in [3.8, 4) is 6.07 Å². The Kier molecular flexibility index (Phi) is 4.63. The molecule has 6 heteroatoms. The van der Waals surface area contributed by atoms with Crippen molar-refractivity contribution in [2.75, 3.05) is 0 Å². The molecule has 3 rings (SSSR count). The minimum atomic E-state index is -0.914. The van der Waals surface area contributed by atoms with Gasteiger partial charge in [-0.05, 0) is 41.7 Å². The third kappa shape index (κ3) is 3.31. The standard InChI is InChI=1S/C18H13BrF2N2O/c19-11-4-1-3-10(7-11)16(9-22)23-18(24)14-8-13(14)12-5-2-6-15(20)17(12)21/h1-7,13-14,16H,8H2,(H,23,24)/t13-,14+,16-/m0/s1. The molecule has 24 heavy (non-hydrogen) atoms. The summed E-state index contributed by atoms with van der Waals surface area (Å²) in [7, 11) is 0. The third-order valence-corrected chi connectivity index (χ3v) is 4.60. The highest BCUT2D eigenvalue weighted by Crippen LogP contribution is 2.48. The molecular formula is C18H13BrF2N2O. The molecule has 122 valence electrons. The van der Waals surface area contributed by atoms with Gasteiger partial charge in [-0.3, -0.25) is 4.79 Å². The summed E-state index contributed by atoms with van der Waals surface area (Å²) < 4.78 is 27.9. The van der Waals surface area contributed by atoms with E-state index >= 15 is 0 Å². The first-order valence-corrected chi connectivity index (χ1v) is 8.20. The van der Waals surface area contributed by atoms with Crippen LogP contribution in [0.2, 0.25) is 0 Å².